The lowest BCUT2D eigenvalue weighted by Gasteiger charge is -2.09. The normalized spacial score (nSPS) is 11.2. The Hall–Kier alpha value is -3.11. The van der Waals surface area contributed by atoms with Gasteiger partial charge >= 0.3 is 5.97 Å². The highest BCUT2D eigenvalue weighted by Crippen LogP contribution is 2.29. The number of ether oxygens (including phenoxy) is 1. The Balaban J connectivity index is 1.76. The van der Waals surface area contributed by atoms with Gasteiger partial charge in [0, 0.05) is 6.04 Å². The molecule has 4 aromatic rings. The molecule has 0 bridgehead atoms. The molecule has 29 heavy (non-hydrogen) atoms. The van der Waals surface area contributed by atoms with E-state index in [2.05, 4.69) is 20.1 Å². The van der Waals surface area contributed by atoms with Gasteiger partial charge in [-0.25, -0.2) is 19.4 Å². The lowest BCUT2D eigenvalue weighted by Crippen LogP contribution is -2.13. The molecule has 0 aromatic carbocycles. The van der Waals surface area contributed by atoms with Crippen LogP contribution < -0.4 is 5.32 Å². The molecular weight excluding hydrogens is 410 g/mol. The van der Waals surface area contributed by atoms with Crippen LogP contribution in [0, 0.1) is 0 Å². The van der Waals surface area contributed by atoms with E-state index in [-0.39, 0.29) is 11.9 Å². The zero-order chi connectivity index (χ0) is 20.5. The molecule has 4 heterocycles. The number of amides is 1. The Kier molecular flexibility index (Phi) is 5.12. The summed E-state index contributed by atoms with van der Waals surface area (Å²) in [4.78, 5) is 34.8. The van der Waals surface area contributed by atoms with E-state index in [0.717, 1.165) is 16.2 Å². The molecule has 1 N–H and O–H groups in total. The van der Waals surface area contributed by atoms with Crippen LogP contribution in [0.3, 0.4) is 0 Å². The van der Waals surface area contributed by atoms with Crippen molar-refractivity contribution in [2.45, 2.75) is 19.9 Å². The van der Waals surface area contributed by atoms with Crippen LogP contribution in [-0.2, 0) is 4.74 Å². The van der Waals surface area contributed by atoms with Crippen LogP contribution >= 0.6 is 22.7 Å². The largest absolute Gasteiger partial charge is 0.465 e. The first-order chi connectivity index (χ1) is 14.0. The number of carbonyl (C=O) groups is 2. The van der Waals surface area contributed by atoms with Gasteiger partial charge in [0.25, 0.3) is 5.91 Å². The topological polar surface area (TPSA) is 99.0 Å². The average molecular weight is 428 g/mol. The van der Waals surface area contributed by atoms with Crippen LogP contribution in [0.1, 0.15) is 39.9 Å². The number of pyridine rings is 1. The maximum Gasteiger partial charge on any atom is 0.349 e. The van der Waals surface area contributed by atoms with Gasteiger partial charge in [-0.2, -0.15) is 5.10 Å². The molecule has 0 aliphatic heterocycles. The molecule has 0 radical (unpaired) electrons. The van der Waals surface area contributed by atoms with Crippen molar-refractivity contribution in [2.24, 2.45) is 0 Å². The minimum Gasteiger partial charge on any atom is -0.465 e. The number of nitrogens with one attached hydrogen (secondary N) is 1. The summed E-state index contributed by atoms with van der Waals surface area (Å²) >= 11 is 2.60. The van der Waals surface area contributed by atoms with Crippen molar-refractivity contribution in [3.8, 4) is 10.6 Å². The number of esters is 1. The van der Waals surface area contributed by atoms with Gasteiger partial charge in [0.1, 0.15) is 4.88 Å². The van der Waals surface area contributed by atoms with Crippen molar-refractivity contribution in [2.75, 3.05) is 12.4 Å². The monoisotopic (exact) mass is 427 g/mol. The fourth-order valence-electron chi connectivity index (χ4n) is 2.83. The average Bonchev–Trinajstić information content (AvgIpc) is 3.45. The zero-order valence-electron chi connectivity index (χ0n) is 15.9. The molecule has 0 atom stereocenters. The first-order valence-electron chi connectivity index (χ1n) is 8.75. The van der Waals surface area contributed by atoms with Crippen molar-refractivity contribution >= 4 is 50.7 Å². The Bertz CT molecular complexity index is 1190. The molecule has 4 rings (SSSR count). The molecule has 4 aromatic heterocycles. The number of thiazole rings is 1. The highest BCUT2D eigenvalue weighted by atomic mass is 32.1. The van der Waals surface area contributed by atoms with Gasteiger partial charge in [-0.3, -0.25) is 10.1 Å². The van der Waals surface area contributed by atoms with E-state index in [1.807, 2.05) is 31.4 Å². The van der Waals surface area contributed by atoms with Crippen LogP contribution in [0.4, 0.5) is 5.13 Å². The molecule has 0 saturated carbocycles. The van der Waals surface area contributed by atoms with Crippen LogP contribution in [0.15, 0.2) is 36.0 Å². The summed E-state index contributed by atoms with van der Waals surface area (Å²) in [7, 11) is 1.30. The third-order valence-corrected chi connectivity index (χ3v) is 5.97. The van der Waals surface area contributed by atoms with Crippen LogP contribution in [0.5, 0.6) is 0 Å². The van der Waals surface area contributed by atoms with Crippen molar-refractivity contribution in [1.29, 1.82) is 0 Å². The Morgan fingerprint density at radius 1 is 1.28 bits per heavy atom. The smallest absolute Gasteiger partial charge is 0.349 e. The number of methoxy groups -OCH3 is 1. The highest BCUT2D eigenvalue weighted by molar-refractivity contribution is 7.17. The third kappa shape index (κ3) is 3.64. The molecule has 148 valence electrons. The van der Waals surface area contributed by atoms with E-state index in [1.54, 1.807) is 28.3 Å². The fourth-order valence-corrected chi connectivity index (χ4v) is 4.24. The van der Waals surface area contributed by atoms with Crippen molar-refractivity contribution in [3.05, 3.63) is 46.4 Å². The number of anilines is 1. The minimum atomic E-state index is -0.493. The first-order valence-corrected chi connectivity index (χ1v) is 10.4. The number of hydrogen-bond acceptors (Lipinski definition) is 8. The van der Waals surface area contributed by atoms with E-state index >= 15 is 0 Å². The van der Waals surface area contributed by atoms with Crippen LogP contribution in [-0.4, -0.2) is 38.7 Å². The molecule has 0 aliphatic rings. The fraction of sp³-hybridized carbons (Fsp3) is 0.211. The number of nitrogens with zero attached hydrogens (tertiary/aromatic N) is 4. The Labute approximate surface area is 174 Å². The van der Waals surface area contributed by atoms with Crippen molar-refractivity contribution < 1.29 is 14.3 Å². The molecule has 10 heteroatoms. The summed E-state index contributed by atoms with van der Waals surface area (Å²) in [6, 6.07) is 5.75. The molecule has 1 amide bonds. The number of carbonyl (C=O) groups excluding carboxylic acids is 2. The molecular formula is C19H17N5O3S2. The number of fused-ring (bicyclic) bond motifs is 1. The van der Waals surface area contributed by atoms with Crippen molar-refractivity contribution in [3.63, 3.8) is 0 Å². The summed E-state index contributed by atoms with van der Waals surface area (Å²) in [5.74, 6) is -0.836. The molecule has 0 unspecified atom stereocenters. The third-order valence-electron chi connectivity index (χ3n) is 4.19. The van der Waals surface area contributed by atoms with Crippen LogP contribution in [0.25, 0.3) is 21.6 Å². The van der Waals surface area contributed by atoms with E-state index in [1.165, 1.54) is 13.3 Å². The SMILES string of the molecule is COC(=O)c1cnc(NC(=O)c2cc(-c3cccs3)nc3c2cnn3C(C)C)s1. The minimum absolute atomic E-state index is 0.0936. The van der Waals surface area contributed by atoms with E-state index in [9.17, 15) is 9.59 Å². The quantitative estimate of drug-likeness (QED) is 0.479. The van der Waals surface area contributed by atoms with E-state index in [4.69, 9.17) is 4.98 Å². The summed E-state index contributed by atoms with van der Waals surface area (Å²) in [5, 5.41) is 10.1. The zero-order valence-corrected chi connectivity index (χ0v) is 17.5. The Morgan fingerprint density at radius 2 is 2.10 bits per heavy atom. The van der Waals surface area contributed by atoms with Crippen molar-refractivity contribution in [1.82, 2.24) is 19.7 Å². The molecule has 0 spiro atoms. The van der Waals surface area contributed by atoms with Gasteiger partial charge in [0.05, 0.1) is 41.0 Å². The second-order valence-electron chi connectivity index (χ2n) is 6.43. The van der Waals surface area contributed by atoms with E-state index in [0.29, 0.717) is 32.3 Å². The Morgan fingerprint density at radius 3 is 2.79 bits per heavy atom. The first kappa shape index (κ1) is 19.2. The summed E-state index contributed by atoms with van der Waals surface area (Å²) < 4.78 is 6.47. The summed E-state index contributed by atoms with van der Waals surface area (Å²) in [6.07, 6.45) is 3.03. The van der Waals surface area contributed by atoms with Gasteiger partial charge in [-0.1, -0.05) is 17.4 Å². The lowest BCUT2D eigenvalue weighted by molar-refractivity contribution is 0.0606. The van der Waals surface area contributed by atoms with Gasteiger partial charge in [0.15, 0.2) is 10.8 Å². The standard InChI is InChI=1S/C19H17N5O3S2/c1-10(2)24-16-12(8-21-24)11(7-13(22-16)14-5-4-6-28-14)17(25)23-19-20-9-15(29-19)18(26)27-3/h4-10H,1-3H3,(H,20,23,25). The molecule has 8 nitrogen and oxygen atoms in total. The highest BCUT2D eigenvalue weighted by Gasteiger charge is 2.20. The van der Waals surface area contributed by atoms with E-state index < -0.39 is 5.97 Å². The van der Waals surface area contributed by atoms with Gasteiger partial charge < -0.3 is 4.74 Å². The summed E-state index contributed by atoms with van der Waals surface area (Å²) in [6.45, 7) is 4.02. The van der Waals surface area contributed by atoms with Gasteiger partial charge in [-0.15, -0.1) is 11.3 Å². The van der Waals surface area contributed by atoms with Gasteiger partial charge in [0.2, 0.25) is 0 Å². The molecule has 0 fully saturated rings. The maximum atomic E-state index is 13.1. The van der Waals surface area contributed by atoms with Gasteiger partial charge in [-0.05, 0) is 31.4 Å². The number of thiophene rings is 1. The molecule has 0 aliphatic carbocycles. The number of aromatic nitrogens is 4. The van der Waals surface area contributed by atoms with Crippen LogP contribution in [0.2, 0.25) is 0 Å². The summed E-state index contributed by atoms with van der Waals surface area (Å²) in [5.41, 5.74) is 1.79. The molecule has 0 saturated heterocycles. The number of hydrogen-bond donors (Lipinski definition) is 1. The predicted octanol–water partition coefficient (Wildman–Crippen LogP) is 4.24. The second kappa shape index (κ2) is 7.72. The number of rotatable bonds is 5. The second-order valence-corrected chi connectivity index (χ2v) is 8.41. The maximum absolute atomic E-state index is 13.1. The predicted molar refractivity (Wildman–Crippen MR) is 113 cm³/mol. The lowest BCUT2D eigenvalue weighted by atomic mass is 10.1.